The molecule has 0 saturated heterocycles. The Bertz CT molecular complexity index is 599. The number of aromatic nitrogens is 1. The van der Waals surface area contributed by atoms with Gasteiger partial charge in [-0.1, -0.05) is 13.0 Å². The number of hydrogen-bond acceptors (Lipinski definition) is 3. The number of halogens is 1. The van der Waals surface area contributed by atoms with Crippen LogP contribution in [-0.4, -0.2) is 17.4 Å². The minimum absolute atomic E-state index is 0.137. The molecule has 21 heavy (non-hydrogen) atoms. The SMILES string of the molecule is CCCNC(=O)c1ccc(COc2cccc(F)c2)nc1. The molecule has 1 amide bonds. The fraction of sp³-hybridized carbons (Fsp3) is 0.250. The highest BCUT2D eigenvalue weighted by Crippen LogP contribution is 2.13. The van der Waals surface area contributed by atoms with Crippen LogP contribution in [0.15, 0.2) is 42.6 Å². The largest absolute Gasteiger partial charge is 0.487 e. The molecule has 0 aliphatic rings. The fourth-order valence-electron chi connectivity index (χ4n) is 1.70. The number of carbonyl (C=O) groups excluding carboxylic acids is 1. The molecule has 2 aromatic rings. The predicted molar refractivity (Wildman–Crippen MR) is 77.6 cm³/mol. The summed E-state index contributed by atoms with van der Waals surface area (Å²) in [4.78, 5) is 15.9. The van der Waals surface area contributed by atoms with Gasteiger partial charge in [-0.15, -0.1) is 0 Å². The zero-order valence-corrected chi connectivity index (χ0v) is 11.8. The van der Waals surface area contributed by atoms with E-state index in [-0.39, 0.29) is 18.3 Å². The van der Waals surface area contributed by atoms with Crippen LogP contribution >= 0.6 is 0 Å². The molecule has 0 spiro atoms. The third-order valence-electron chi connectivity index (χ3n) is 2.81. The standard InChI is InChI=1S/C16H17FN2O2/c1-2-8-18-16(20)12-6-7-14(19-10-12)11-21-15-5-3-4-13(17)9-15/h3-7,9-10H,2,8,11H2,1H3,(H,18,20). The molecule has 1 aromatic heterocycles. The number of benzene rings is 1. The van der Waals surface area contributed by atoms with Crippen LogP contribution < -0.4 is 10.1 Å². The molecule has 0 aliphatic heterocycles. The van der Waals surface area contributed by atoms with E-state index in [9.17, 15) is 9.18 Å². The van der Waals surface area contributed by atoms with Crippen LogP contribution in [0.3, 0.4) is 0 Å². The molecule has 1 heterocycles. The van der Waals surface area contributed by atoms with E-state index in [0.29, 0.717) is 23.6 Å². The molecule has 0 fully saturated rings. The minimum atomic E-state index is -0.344. The molecule has 0 atom stereocenters. The van der Waals surface area contributed by atoms with Crippen molar-refractivity contribution >= 4 is 5.91 Å². The van der Waals surface area contributed by atoms with Crippen molar-refractivity contribution in [1.29, 1.82) is 0 Å². The van der Waals surface area contributed by atoms with Gasteiger partial charge in [-0.2, -0.15) is 0 Å². The van der Waals surface area contributed by atoms with Gasteiger partial charge in [0, 0.05) is 18.8 Å². The average Bonchev–Trinajstić information content (AvgIpc) is 2.51. The van der Waals surface area contributed by atoms with Crippen molar-refractivity contribution in [3.05, 3.63) is 59.7 Å². The van der Waals surface area contributed by atoms with E-state index in [1.54, 1.807) is 24.3 Å². The van der Waals surface area contributed by atoms with E-state index < -0.39 is 0 Å². The Morgan fingerprint density at radius 1 is 1.33 bits per heavy atom. The zero-order valence-electron chi connectivity index (χ0n) is 11.8. The first-order valence-electron chi connectivity index (χ1n) is 6.80. The molecular formula is C16H17FN2O2. The van der Waals surface area contributed by atoms with Crippen molar-refractivity contribution in [3.63, 3.8) is 0 Å². The summed E-state index contributed by atoms with van der Waals surface area (Å²) in [6.45, 7) is 2.86. The van der Waals surface area contributed by atoms with Gasteiger partial charge in [0.2, 0.25) is 0 Å². The molecule has 0 bridgehead atoms. The summed E-state index contributed by atoms with van der Waals surface area (Å²) in [6.07, 6.45) is 2.40. The Balaban J connectivity index is 1.92. The summed E-state index contributed by atoms with van der Waals surface area (Å²) >= 11 is 0. The van der Waals surface area contributed by atoms with E-state index >= 15 is 0 Å². The smallest absolute Gasteiger partial charge is 0.252 e. The van der Waals surface area contributed by atoms with E-state index in [4.69, 9.17) is 4.74 Å². The first-order chi connectivity index (χ1) is 10.2. The van der Waals surface area contributed by atoms with E-state index in [1.807, 2.05) is 6.92 Å². The van der Waals surface area contributed by atoms with Gasteiger partial charge >= 0.3 is 0 Å². The lowest BCUT2D eigenvalue weighted by atomic mass is 10.2. The number of nitrogens with one attached hydrogen (secondary N) is 1. The maximum atomic E-state index is 13.0. The van der Waals surface area contributed by atoms with Gasteiger partial charge in [0.1, 0.15) is 18.2 Å². The first kappa shape index (κ1) is 15.0. The molecule has 0 radical (unpaired) electrons. The molecule has 2 rings (SSSR count). The second-order valence-corrected chi connectivity index (χ2v) is 4.54. The Morgan fingerprint density at radius 2 is 2.19 bits per heavy atom. The van der Waals surface area contributed by atoms with Crippen molar-refractivity contribution in [3.8, 4) is 5.75 Å². The van der Waals surface area contributed by atoms with Crippen molar-refractivity contribution < 1.29 is 13.9 Å². The first-order valence-corrected chi connectivity index (χ1v) is 6.80. The van der Waals surface area contributed by atoms with Gasteiger partial charge in [-0.25, -0.2) is 4.39 Å². The molecule has 4 nitrogen and oxygen atoms in total. The van der Waals surface area contributed by atoms with Crippen molar-refractivity contribution in [2.24, 2.45) is 0 Å². The highest BCUT2D eigenvalue weighted by Gasteiger charge is 2.05. The maximum Gasteiger partial charge on any atom is 0.252 e. The molecule has 0 aliphatic carbocycles. The topological polar surface area (TPSA) is 51.2 Å². The molecule has 0 unspecified atom stereocenters. The summed E-state index contributed by atoms with van der Waals surface area (Å²) in [7, 11) is 0. The molecule has 5 heteroatoms. The van der Waals surface area contributed by atoms with Gasteiger partial charge in [0.05, 0.1) is 11.3 Å². The number of ether oxygens (including phenoxy) is 1. The van der Waals surface area contributed by atoms with E-state index in [1.165, 1.54) is 18.3 Å². The average molecular weight is 288 g/mol. The summed E-state index contributed by atoms with van der Waals surface area (Å²) in [5.41, 5.74) is 1.18. The zero-order chi connectivity index (χ0) is 15.1. The van der Waals surface area contributed by atoms with Gasteiger partial charge < -0.3 is 10.1 Å². The number of pyridine rings is 1. The molecule has 1 N–H and O–H groups in total. The Labute approximate surface area is 123 Å². The number of nitrogens with zero attached hydrogens (tertiary/aromatic N) is 1. The van der Waals surface area contributed by atoms with Crippen LogP contribution in [0.5, 0.6) is 5.75 Å². The van der Waals surface area contributed by atoms with Crippen LogP contribution in [0.2, 0.25) is 0 Å². The summed E-state index contributed by atoms with van der Waals surface area (Å²) in [6, 6.07) is 9.35. The van der Waals surface area contributed by atoms with E-state index in [0.717, 1.165) is 6.42 Å². The summed E-state index contributed by atoms with van der Waals surface area (Å²) < 4.78 is 18.4. The number of hydrogen-bond donors (Lipinski definition) is 1. The van der Waals surface area contributed by atoms with Gasteiger partial charge in [0.25, 0.3) is 5.91 Å². The van der Waals surface area contributed by atoms with Crippen LogP contribution in [0.1, 0.15) is 29.4 Å². The van der Waals surface area contributed by atoms with Crippen LogP contribution in [0.25, 0.3) is 0 Å². The Morgan fingerprint density at radius 3 is 2.86 bits per heavy atom. The quantitative estimate of drug-likeness (QED) is 0.889. The maximum absolute atomic E-state index is 13.0. The molecule has 110 valence electrons. The monoisotopic (exact) mass is 288 g/mol. The second kappa shape index (κ2) is 7.38. The third-order valence-corrected chi connectivity index (χ3v) is 2.81. The van der Waals surface area contributed by atoms with Crippen molar-refractivity contribution in [2.45, 2.75) is 20.0 Å². The van der Waals surface area contributed by atoms with Crippen molar-refractivity contribution in [1.82, 2.24) is 10.3 Å². The van der Waals surface area contributed by atoms with Gasteiger partial charge in [-0.05, 0) is 30.7 Å². The number of carbonyl (C=O) groups is 1. The molecular weight excluding hydrogens is 271 g/mol. The molecule has 0 saturated carbocycles. The predicted octanol–water partition coefficient (Wildman–Crippen LogP) is 2.94. The molecule has 1 aromatic carbocycles. The second-order valence-electron chi connectivity index (χ2n) is 4.54. The summed E-state index contributed by atoms with van der Waals surface area (Å²) in [5.74, 6) is -0.0353. The van der Waals surface area contributed by atoms with E-state index in [2.05, 4.69) is 10.3 Å². The van der Waals surface area contributed by atoms with Gasteiger partial charge in [-0.3, -0.25) is 9.78 Å². The number of amides is 1. The normalized spacial score (nSPS) is 10.2. The fourth-order valence-corrected chi connectivity index (χ4v) is 1.70. The van der Waals surface area contributed by atoms with Crippen molar-refractivity contribution in [2.75, 3.05) is 6.54 Å². The lowest BCUT2D eigenvalue weighted by Crippen LogP contribution is -2.24. The summed E-state index contributed by atoms with van der Waals surface area (Å²) in [5, 5.41) is 2.78. The lowest BCUT2D eigenvalue weighted by molar-refractivity contribution is 0.0953. The van der Waals surface area contributed by atoms with Crippen LogP contribution in [-0.2, 0) is 6.61 Å². The van der Waals surface area contributed by atoms with Gasteiger partial charge in [0.15, 0.2) is 0 Å². The Hall–Kier alpha value is -2.43. The van der Waals surface area contributed by atoms with Crippen LogP contribution in [0.4, 0.5) is 4.39 Å². The number of rotatable bonds is 6. The van der Waals surface area contributed by atoms with Crippen LogP contribution in [0, 0.1) is 5.82 Å². The minimum Gasteiger partial charge on any atom is -0.487 e. The highest BCUT2D eigenvalue weighted by atomic mass is 19.1. The third kappa shape index (κ3) is 4.56. The highest BCUT2D eigenvalue weighted by molar-refractivity contribution is 5.93. The lowest BCUT2D eigenvalue weighted by Gasteiger charge is -2.07. The Kier molecular flexibility index (Phi) is 5.26.